The monoisotopic (exact) mass is 185 g/mol. The smallest absolute Gasteiger partial charge is 0.0198 e. The van der Waals surface area contributed by atoms with Gasteiger partial charge < -0.3 is 5.32 Å². The normalized spacial score (nSPS) is 36.8. The first-order valence-corrected chi connectivity index (χ1v) is 6.48. The van der Waals surface area contributed by atoms with E-state index in [1.807, 2.05) is 0 Å². The van der Waals surface area contributed by atoms with Crippen molar-refractivity contribution in [3.8, 4) is 0 Å². The second-order valence-electron chi connectivity index (χ2n) is 4.11. The summed E-state index contributed by atoms with van der Waals surface area (Å²) in [5, 5.41) is 4.68. The molecule has 2 unspecified atom stereocenters. The molecule has 0 radical (unpaired) electrons. The number of rotatable bonds is 3. The Hall–Kier alpha value is 0.310. The third kappa shape index (κ3) is 2.17. The molecule has 0 amide bonds. The van der Waals surface area contributed by atoms with Gasteiger partial charge in [-0.3, -0.25) is 0 Å². The van der Waals surface area contributed by atoms with Crippen molar-refractivity contribution < 1.29 is 0 Å². The van der Waals surface area contributed by atoms with Crippen LogP contribution in [0.2, 0.25) is 0 Å². The predicted octanol–water partition coefficient (Wildman–Crippen LogP) is 2.41. The molecular formula is C10H19NS. The van der Waals surface area contributed by atoms with Crippen LogP contribution in [0.1, 0.15) is 38.5 Å². The minimum atomic E-state index is 0.834. The lowest BCUT2D eigenvalue weighted by atomic mass is 9.95. The maximum absolute atomic E-state index is 3.77. The van der Waals surface area contributed by atoms with Crippen LogP contribution >= 0.6 is 11.8 Å². The number of thioether (sulfide) groups is 1. The summed E-state index contributed by atoms with van der Waals surface area (Å²) in [6.45, 7) is 0. The summed E-state index contributed by atoms with van der Waals surface area (Å²) >= 11 is 2.06. The Morgan fingerprint density at radius 3 is 2.50 bits per heavy atom. The van der Waals surface area contributed by atoms with Gasteiger partial charge in [-0.2, -0.15) is 11.8 Å². The quantitative estimate of drug-likeness (QED) is 0.724. The number of nitrogens with one attached hydrogen (secondary N) is 1. The van der Waals surface area contributed by atoms with Crippen LogP contribution in [0.4, 0.5) is 0 Å². The van der Waals surface area contributed by atoms with Gasteiger partial charge in [0.2, 0.25) is 0 Å². The van der Waals surface area contributed by atoms with Crippen LogP contribution in [0, 0.1) is 0 Å². The van der Waals surface area contributed by atoms with E-state index in [1.165, 1.54) is 38.5 Å². The van der Waals surface area contributed by atoms with Crippen molar-refractivity contribution in [2.45, 2.75) is 55.9 Å². The van der Waals surface area contributed by atoms with E-state index in [4.69, 9.17) is 0 Å². The molecule has 0 aromatic rings. The van der Waals surface area contributed by atoms with E-state index in [-0.39, 0.29) is 0 Å². The van der Waals surface area contributed by atoms with Crippen molar-refractivity contribution in [3.63, 3.8) is 0 Å². The van der Waals surface area contributed by atoms with Crippen molar-refractivity contribution in [1.82, 2.24) is 5.32 Å². The van der Waals surface area contributed by atoms with Crippen LogP contribution in [0.25, 0.3) is 0 Å². The van der Waals surface area contributed by atoms with Gasteiger partial charge >= 0.3 is 0 Å². The fourth-order valence-corrected chi connectivity index (χ4v) is 3.07. The van der Waals surface area contributed by atoms with E-state index in [0.717, 1.165) is 17.3 Å². The molecule has 1 nitrogen and oxygen atoms in total. The molecule has 0 saturated heterocycles. The molecule has 0 aliphatic heterocycles. The van der Waals surface area contributed by atoms with Crippen LogP contribution < -0.4 is 5.32 Å². The van der Waals surface area contributed by atoms with Crippen LogP contribution in [0.15, 0.2) is 0 Å². The van der Waals surface area contributed by atoms with Crippen LogP contribution in [-0.4, -0.2) is 23.6 Å². The number of hydrogen-bond donors (Lipinski definition) is 1. The Morgan fingerprint density at radius 1 is 1.08 bits per heavy atom. The summed E-state index contributed by atoms with van der Waals surface area (Å²) in [5.41, 5.74) is 0. The lowest BCUT2D eigenvalue weighted by molar-refractivity contribution is 0.382. The first-order valence-electron chi connectivity index (χ1n) is 5.19. The molecule has 0 aromatic carbocycles. The zero-order valence-electron chi connectivity index (χ0n) is 7.88. The van der Waals surface area contributed by atoms with Crippen LogP contribution in [0.3, 0.4) is 0 Å². The van der Waals surface area contributed by atoms with Gasteiger partial charge in [0.15, 0.2) is 0 Å². The van der Waals surface area contributed by atoms with Crippen molar-refractivity contribution >= 4 is 11.8 Å². The molecule has 0 aromatic heterocycles. The highest BCUT2D eigenvalue weighted by molar-refractivity contribution is 7.99. The molecule has 12 heavy (non-hydrogen) atoms. The van der Waals surface area contributed by atoms with Gasteiger partial charge in [0, 0.05) is 17.3 Å². The first-order chi connectivity index (χ1) is 5.90. The van der Waals surface area contributed by atoms with Gasteiger partial charge in [0.1, 0.15) is 0 Å². The van der Waals surface area contributed by atoms with Crippen LogP contribution in [-0.2, 0) is 0 Å². The minimum absolute atomic E-state index is 0.834. The van der Waals surface area contributed by atoms with Crippen molar-refractivity contribution in [2.75, 3.05) is 6.26 Å². The van der Waals surface area contributed by atoms with Crippen molar-refractivity contribution in [2.24, 2.45) is 0 Å². The summed E-state index contributed by atoms with van der Waals surface area (Å²) in [7, 11) is 0. The molecule has 0 heterocycles. The Balaban J connectivity index is 1.81. The SMILES string of the molecule is CSC1CCCCC1NC1CC1. The lowest BCUT2D eigenvalue weighted by Gasteiger charge is -2.31. The highest BCUT2D eigenvalue weighted by atomic mass is 32.2. The van der Waals surface area contributed by atoms with E-state index in [0.29, 0.717) is 0 Å². The van der Waals surface area contributed by atoms with Crippen LogP contribution in [0.5, 0.6) is 0 Å². The topological polar surface area (TPSA) is 12.0 Å². The predicted molar refractivity (Wildman–Crippen MR) is 55.7 cm³/mol. The first kappa shape index (κ1) is 8.89. The largest absolute Gasteiger partial charge is 0.310 e. The molecule has 1 N–H and O–H groups in total. The van der Waals surface area contributed by atoms with Crippen molar-refractivity contribution in [1.29, 1.82) is 0 Å². The summed E-state index contributed by atoms with van der Waals surface area (Å²) < 4.78 is 0. The van der Waals surface area contributed by atoms with E-state index in [2.05, 4.69) is 23.3 Å². The van der Waals surface area contributed by atoms with Crippen molar-refractivity contribution in [3.05, 3.63) is 0 Å². The fourth-order valence-electron chi connectivity index (χ4n) is 2.12. The average Bonchev–Trinajstić information content (AvgIpc) is 2.89. The van der Waals surface area contributed by atoms with Gasteiger partial charge in [-0.05, 0) is 31.9 Å². The van der Waals surface area contributed by atoms with Gasteiger partial charge in [-0.1, -0.05) is 12.8 Å². The Morgan fingerprint density at radius 2 is 1.83 bits per heavy atom. The zero-order chi connectivity index (χ0) is 8.39. The second kappa shape index (κ2) is 4.01. The highest BCUT2D eigenvalue weighted by Crippen LogP contribution is 2.30. The number of hydrogen-bond acceptors (Lipinski definition) is 2. The molecule has 2 heteroatoms. The van der Waals surface area contributed by atoms with Gasteiger partial charge in [-0.15, -0.1) is 0 Å². The lowest BCUT2D eigenvalue weighted by Crippen LogP contribution is -2.41. The minimum Gasteiger partial charge on any atom is -0.310 e. The van der Waals surface area contributed by atoms with Gasteiger partial charge in [0.25, 0.3) is 0 Å². The standard InChI is InChI=1S/C10H19NS/c1-12-10-5-3-2-4-9(10)11-8-6-7-8/h8-11H,2-7H2,1H3. The Labute approximate surface area is 79.7 Å². The Bertz CT molecular complexity index is 145. The fraction of sp³-hybridized carbons (Fsp3) is 1.00. The summed E-state index contributed by atoms with van der Waals surface area (Å²) in [4.78, 5) is 0. The Kier molecular flexibility index (Phi) is 2.97. The van der Waals surface area contributed by atoms with E-state index in [1.54, 1.807) is 0 Å². The molecule has 2 aliphatic rings. The highest BCUT2D eigenvalue weighted by Gasteiger charge is 2.30. The summed E-state index contributed by atoms with van der Waals surface area (Å²) in [6.07, 6.45) is 10.9. The molecule has 0 spiro atoms. The molecule has 2 rings (SSSR count). The molecule has 2 atom stereocenters. The third-order valence-electron chi connectivity index (χ3n) is 3.03. The molecule has 2 aliphatic carbocycles. The summed E-state index contributed by atoms with van der Waals surface area (Å²) in [5.74, 6) is 0. The maximum Gasteiger partial charge on any atom is 0.0198 e. The maximum atomic E-state index is 3.77. The third-order valence-corrected chi connectivity index (χ3v) is 4.20. The molecular weight excluding hydrogens is 166 g/mol. The molecule has 2 saturated carbocycles. The molecule has 2 fully saturated rings. The van der Waals surface area contributed by atoms with Gasteiger partial charge in [-0.25, -0.2) is 0 Å². The average molecular weight is 185 g/mol. The molecule has 0 bridgehead atoms. The van der Waals surface area contributed by atoms with E-state index in [9.17, 15) is 0 Å². The van der Waals surface area contributed by atoms with E-state index >= 15 is 0 Å². The van der Waals surface area contributed by atoms with Gasteiger partial charge in [0.05, 0.1) is 0 Å². The summed E-state index contributed by atoms with van der Waals surface area (Å²) in [6, 6.07) is 1.73. The second-order valence-corrected chi connectivity index (χ2v) is 5.18. The molecule has 70 valence electrons. The zero-order valence-corrected chi connectivity index (χ0v) is 8.70. The van der Waals surface area contributed by atoms with E-state index < -0.39 is 0 Å².